The third-order valence-corrected chi connectivity index (χ3v) is 5.19. The number of carbonyl (C=O) groups is 1. The van der Waals surface area contributed by atoms with Crippen molar-refractivity contribution in [2.45, 2.75) is 37.6 Å². The Bertz CT molecular complexity index is 556. The number of hydrogen-bond acceptors (Lipinski definition) is 3. The molecule has 120 valence electrons. The Kier molecular flexibility index (Phi) is 4.59. The van der Waals surface area contributed by atoms with Gasteiger partial charge in [-0.25, -0.2) is 0 Å². The molecule has 2 fully saturated rings. The van der Waals surface area contributed by atoms with E-state index < -0.39 is 0 Å². The molecule has 2 aliphatic rings. The number of nitrogens with one attached hydrogen (secondary N) is 1. The fourth-order valence-corrected chi connectivity index (χ4v) is 3.77. The first-order valence-corrected chi connectivity index (χ1v) is 8.35. The lowest BCUT2D eigenvalue weighted by Crippen LogP contribution is -2.43. The summed E-state index contributed by atoms with van der Waals surface area (Å²) < 4.78 is 5.22. The summed E-state index contributed by atoms with van der Waals surface area (Å²) in [4.78, 5) is 14.4. The second kappa shape index (κ2) is 6.47. The van der Waals surface area contributed by atoms with Crippen molar-refractivity contribution in [2.24, 2.45) is 0 Å². The first kappa shape index (κ1) is 15.6. The Balaban J connectivity index is 1.54. The molecule has 1 unspecified atom stereocenters. The second-order valence-corrected chi connectivity index (χ2v) is 6.75. The summed E-state index contributed by atoms with van der Waals surface area (Å²) in [5.74, 6) is 0.918. The minimum atomic E-state index is 0.207. The monoisotopic (exact) mass is 322 g/mol. The molecule has 2 heterocycles. The number of rotatable bonds is 4. The first-order chi connectivity index (χ1) is 10.6. The molecule has 0 bridgehead atoms. The van der Waals surface area contributed by atoms with Crippen LogP contribution in [0.15, 0.2) is 18.2 Å². The Morgan fingerprint density at radius 3 is 3.05 bits per heavy atom. The molecule has 0 aliphatic carbocycles. The summed E-state index contributed by atoms with van der Waals surface area (Å²) in [6.07, 6.45) is 4.79. The van der Waals surface area contributed by atoms with Crippen molar-refractivity contribution in [1.82, 2.24) is 10.2 Å². The van der Waals surface area contributed by atoms with E-state index >= 15 is 0 Å². The van der Waals surface area contributed by atoms with E-state index in [4.69, 9.17) is 16.3 Å². The van der Waals surface area contributed by atoms with Gasteiger partial charge >= 0.3 is 0 Å². The lowest BCUT2D eigenvalue weighted by Gasteiger charge is -2.24. The van der Waals surface area contributed by atoms with Crippen LogP contribution in [0.5, 0.6) is 5.75 Å². The van der Waals surface area contributed by atoms with Crippen LogP contribution in [0.4, 0.5) is 0 Å². The maximum absolute atomic E-state index is 12.4. The lowest BCUT2D eigenvalue weighted by atomic mass is 9.97. The van der Waals surface area contributed by atoms with Gasteiger partial charge in [0.1, 0.15) is 5.75 Å². The molecular weight excluding hydrogens is 300 g/mol. The van der Waals surface area contributed by atoms with Crippen LogP contribution >= 0.6 is 11.6 Å². The molecule has 1 aromatic rings. The van der Waals surface area contributed by atoms with Gasteiger partial charge in [0.2, 0.25) is 5.91 Å². The van der Waals surface area contributed by atoms with Crippen LogP contribution < -0.4 is 10.1 Å². The number of nitrogens with zero attached hydrogens (tertiary/aromatic N) is 1. The summed E-state index contributed by atoms with van der Waals surface area (Å²) in [5, 5.41) is 4.19. The molecule has 1 aromatic carbocycles. The fourth-order valence-electron chi connectivity index (χ4n) is 3.57. The van der Waals surface area contributed by atoms with Gasteiger partial charge in [0.15, 0.2) is 0 Å². The molecule has 3 rings (SSSR count). The largest absolute Gasteiger partial charge is 0.495 e. The maximum atomic E-state index is 12.4. The van der Waals surface area contributed by atoms with E-state index in [1.165, 1.54) is 12.8 Å². The van der Waals surface area contributed by atoms with Crippen LogP contribution in [0.1, 0.15) is 31.2 Å². The fraction of sp³-hybridized carbons (Fsp3) is 0.588. The van der Waals surface area contributed by atoms with Crippen molar-refractivity contribution in [3.8, 4) is 5.75 Å². The van der Waals surface area contributed by atoms with E-state index in [-0.39, 0.29) is 11.4 Å². The molecule has 0 radical (unpaired) electrons. The third kappa shape index (κ3) is 3.23. The molecule has 4 nitrogen and oxygen atoms in total. The molecule has 1 atom stereocenters. The summed E-state index contributed by atoms with van der Waals surface area (Å²) in [6, 6.07) is 5.70. The SMILES string of the molecule is COc1cc(CCC(=O)N2CCC3(CCCN3)C2)ccc1Cl. The number of hydrogen-bond donors (Lipinski definition) is 1. The number of halogens is 1. The van der Waals surface area contributed by atoms with Gasteiger partial charge in [-0.2, -0.15) is 0 Å². The zero-order chi connectivity index (χ0) is 15.6. The zero-order valence-corrected chi connectivity index (χ0v) is 13.8. The molecular formula is C17H23ClN2O2. The van der Waals surface area contributed by atoms with E-state index in [1.807, 2.05) is 23.1 Å². The molecule has 1 N–H and O–H groups in total. The summed E-state index contributed by atoms with van der Waals surface area (Å²) in [7, 11) is 1.61. The van der Waals surface area contributed by atoms with E-state index in [1.54, 1.807) is 7.11 Å². The molecule has 22 heavy (non-hydrogen) atoms. The van der Waals surface area contributed by atoms with Crippen molar-refractivity contribution in [2.75, 3.05) is 26.7 Å². The van der Waals surface area contributed by atoms with Crippen molar-refractivity contribution >= 4 is 17.5 Å². The first-order valence-electron chi connectivity index (χ1n) is 7.97. The van der Waals surface area contributed by atoms with Gasteiger partial charge < -0.3 is 15.0 Å². The van der Waals surface area contributed by atoms with Crippen LogP contribution in [0.2, 0.25) is 5.02 Å². The number of methoxy groups -OCH3 is 1. The number of benzene rings is 1. The average molecular weight is 323 g/mol. The number of carbonyl (C=O) groups excluding carboxylic acids is 1. The quantitative estimate of drug-likeness (QED) is 0.926. The number of likely N-dealkylation sites (tertiary alicyclic amines) is 1. The van der Waals surface area contributed by atoms with Gasteiger partial charge in [0.25, 0.3) is 0 Å². The molecule has 1 spiro atoms. The summed E-state index contributed by atoms with van der Waals surface area (Å²) >= 11 is 6.02. The van der Waals surface area contributed by atoms with Crippen molar-refractivity contribution in [3.63, 3.8) is 0 Å². The van der Waals surface area contributed by atoms with Gasteiger partial charge in [-0.05, 0) is 49.9 Å². The van der Waals surface area contributed by atoms with Crippen molar-refractivity contribution in [1.29, 1.82) is 0 Å². The maximum Gasteiger partial charge on any atom is 0.222 e. The van der Waals surface area contributed by atoms with Crippen LogP contribution in [0.25, 0.3) is 0 Å². The minimum absolute atomic E-state index is 0.207. The molecule has 0 saturated carbocycles. The van der Waals surface area contributed by atoms with Gasteiger partial charge in [-0.1, -0.05) is 17.7 Å². The highest BCUT2D eigenvalue weighted by Gasteiger charge is 2.41. The average Bonchev–Trinajstić information content (AvgIpc) is 3.17. The Labute approximate surface area is 136 Å². The second-order valence-electron chi connectivity index (χ2n) is 6.34. The van der Waals surface area contributed by atoms with Crippen LogP contribution in [0, 0.1) is 0 Å². The summed E-state index contributed by atoms with van der Waals surface area (Å²) in [6.45, 7) is 2.85. The Morgan fingerprint density at radius 2 is 2.32 bits per heavy atom. The molecule has 1 amide bonds. The molecule has 2 saturated heterocycles. The highest BCUT2D eigenvalue weighted by molar-refractivity contribution is 6.32. The third-order valence-electron chi connectivity index (χ3n) is 4.88. The Morgan fingerprint density at radius 1 is 1.45 bits per heavy atom. The van der Waals surface area contributed by atoms with E-state index in [0.717, 1.165) is 38.0 Å². The van der Waals surface area contributed by atoms with Gasteiger partial charge in [-0.3, -0.25) is 4.79 Å². The molecule has 2 aliphatic heterocycles. The highest BCUT2D eigenvalue weighted by atomic mass is 35.5. The topological polar surface area (TPSA) is 41.6 Å². The minimum Gasteiger partial charge on any atom is -0.495 e. The van der Waals surface area contributed by atoms with Crippen LogP contribution in [-0.4, -0.2) is 43.1 Å². The normalized spacial score (nSPS) is 24.2. The van der Waals surface area contributed by atoms with E-state index in [9.17, 15) is 4.79 Å². The molecule has 0 aromatic heterocycles. The van der Waals surface area contributed by atoms with Gasteiger partial charge in [0.05, 0.1) is 12.1 Å². The van der Waals surface area contributed by atoms with Crippen molar-refractivity contribution in [3.05, 3.63) is 28.8 Å². The predicted octanol–water partition coefficient (Wildman–Crippen LogP) is 2.64. The lowest BCUT2D eigenvalue weighted by molar-refractivity contribution is -0.130. The van der Waals surface area contributed by atoms with Crippen molar-refractivity contribution < 1.29 is 9.53 Å². The number of amides is 1. The smallest absolute Gasteiger partial charge is 0.222 e. The van der Waals surface area contributed by atoms with E-state index in [0.29, 0.717) is 17.2 Å². The zero-order valence-electron chi connectivity index (χ0n) is 13.0. The van der Waals surface area contributed by atoms with Gasteiger partial charge in [-0.15, -0.1) is 0 Å². The Hall–Kier alpha value is -1.26. The van der Waals surface area contributed by atoms with Crippen LogP contribution in [0.3, 0.4) is 0 Å². The predicted molar refractivity (Wildman–Crippen MR) is 87.5 cm³/mol. The summed E-state index contributed by atoms with van der Waals surface area (Å²) in [5.41, 5.74) is 1.29. The van der Waals surface area contributed by atoms with E-state index in [2.05, 4.69) is 5.32 Å². The number of ether oxygens (including phenoxy) is 1. The number of aryl methyl sites for hydroxylation is 1. The highest BCUT2D eigenvalue weighted by Crippen LogP contribution is 2.30. The van der Waals surface area contributed by atoms with Gasteiger partial charge in [0, 0.05) is 25.0 Å². The standard InChI is InChI=1S/C17H23ClN2O2/c1-22-15-11-13(3-5-14(15)18)4-6-16(21)20-10-8-17(12-20)7-2-9-19-17/h3,5,11,19H,2,4,6-10,12H2,1H3. The molecule has 5 heteroatoms. The van der Waals surface area contributed by atoms with Crippen LogP contribution in [-0.2, 0) is 11.2 Å².